The van der Waals surface area contributed by atoms with Crippen molar-refractivity contribution in [2.24, 2.45) is 0 Å². The summed E-state index contributed by atoms with van der Waals surface area (Å²) < 4.78 is 9.77. The number of ether oxygens (including phenoxy) is 1. The minimum atomic E-state index is -0.518. The van der Waals surface area contributed by atoms with Crippen molar-refractivity contribution >= 4 is 40.5 Å². The molecule has 7 nitrogen and oxygen atoms in total. The highest BCUT2D eigenvalue weighted by atomic mass is 32.1. The third-order valence-electron chi connectivity index (χ3n) is 3.78. The first-order valence-corrected chi connectivity index (χ1v) is 8.80. The van der Waals surface area contributed by atoms with Crippen LogP contribution in [0.4, 0.5) is 11.4 Å². The Bertz CT molecular complexity index is 991. The molecule has 0 atom stereocenters. The van der Waals surface area contributed by atoms with Crippen LogP contribution in [0.2, 0.25) is 0 Å². The van der Waals surface area contributed by atoms with E-state index in [4.69, 9.17) is 9.15 Å². The van der Waals surface area contributed by atoms with Crippen molar-refractivity contribution in [3.63, 3.8) is 0 Å². The van der Waals surface area contributed by atoms with Crippen LogP contribution in [-0.4, -0.2) is 24.9 Å². The fourth-order valence-corrected chi connectivity index (χ4v) is 3.11. The molecule has 0 bridgehead atoms. The average molecular weight is 384 g/mol. The lowest BCUT2D eigenvalue weighted by Crippen LogP contribution is -2.16. The predicted octanol–water partition coefficient (Wildman–Crippen LogP) is 3.94. The second-order valence-electron chi connectivity index (χ2n) is 5.57. The molecule has 0 saturated heterocycles. The van der Waals surface area contributed by atoms with Gasteiger partial charge in [0, 0.05) is 11.3 Å². The molecule has 27 heavy (non-hydrogen) atoms. The number of benzene rings is 1. The van der Waals surface area contributed by atoms with Crippen molar-refractivity contribution in [3.05, 3.63) is 69.8 Å². The summed E-state index contributed by atoms with van der Waals surface area (Å²) in [6.45, 7) is 1.81. The topological polar surface area (TPSA) is 97.6 Å². The first kappa shape index (κ1) is 18.4. The molecule has 0 aliphatic rings. The van der Waals surface area contributed by atoms with E-state index in [9.17, 15) is 14.4 Å². The molecule has 0 aliphatic heterocycles. The minimum absolute atomic E-state index is 0.172. The first-order valence-electron chi connectivity index (χ1n) is 7.92. The molecule has 8 heteroatoms. The number of methoxy groups -OCH3 is 1. The number of rotatable bonds is 5. The van der Waals surface area contributed by atoms with Crippen LogP contribution in [0, 0.1) is 6.92 Å². The van der Waals surface area contributed by atoms with Gasteiger partial charge in [-0.05, 0) is 48.2 Å². The van der Waals surface area contributed by atoms with E-state index in [1.165, 1.54) is 24.7 Å². The van der Waals surface area contributed by atoms with E-state index in [0.29, 0.717) is 21.8 Å². The van der Waals surface area contributed by atoms with E-state index < -0.39 is 17.8 Å². The molecule has 2 heterocycles. The van der Waals surface area contributed by atoms with Gasteiger partial charge in [0.15, 0.2) is 5.76 Å². The Balaban J connectivity index is 1.79. The molecule has 0 spiro atoms. The zero-order valence-electron chi connectivity index (χ0n) is 14.6. The van der Waals surface area contributed by atoms with Gasteiger partial charge in [0.2, 0.25) is 0 Å². The summed E-state index contributed by atoms with van der Waals surface area (Å²) in [5.41, 5.74) is 1.98. The Morgan fingerprint density at radius 2 is 1.81 bits per heavy atom. The quantitative estimate of drug-likeness (QED) is 0.649. The summed E-state index contributed by atoms with van der Waals surface area (Å²) in [5, 5.41) is 7.10. The number of thiophene rings is 1. The summed E-state index contributed by atoms with van der Waals surface area (Å²) in [6, 6.07) is 9.72. The Kier molecular flexibility index (Phi) is 5.37. The standard InChI is InChI=1S/C19H16N2O5S/c1-11-5-6-12(10-14(11)21-18(23)15-4-3-8-26-15)17(22)20-13-7-9-27-16(13)19(24)25-2/h3-10H,1-2H3,(H,20,22)(H,21,23). The fraction of sp³-hybridized carbons (Fsp3) is 0.105. The summed E-state index contributed by atoms with van der Waals surface area (Å²) in [7, 11) is 1.28. The highest BCUT2D eigenvalue weighted by Crippen LogP contribution is 2.25. The zero-order chi connectivity index (χ0) is 19.4. The number of hydrogen-bond donors (Lipinski definition) is 2. The smallest absolute Gasteiger partial charge is 0.350 e. The Morgan fingerprint density at radius 3 is 2.52 bits per heavy atom. The monoisotopic (exact) mass is 384 g/mol. The van der Waals surface area contributed by atoms with E-state index in [-0.39, 0.29) is 5.76 Å². The molecule has 2 amide bonds. The van der Waals surface area contributed by atoms with Gasteiger partial charge in [0.1, 0.15) is 4.88 Å². The number of carbonyl (C=O) groups excluding carboxylic acids is 3. The molecule has 2 N–H and O–H groups in total. The van der Waals surface area contributed by atoms with Crippen molar-refractivity contribution in [2.45, 2.75) is 6.92 Å². The molecular weight excluding hydrogens is 368 g/mol. The third kappa shape index (κ3) is 4.06. The number of anilines is 2. The molecule has 3 aromatic rings. The molecule has 0 saturated carbocycles. The van der Waals surface area contributed by atoms with Crippen LogP contribution in [0.3, 0.4) is 0 Å². The summed E-state index contributed by atoms with van der Waals surface area (Å²) in [4.78, 5) is 36.8. The fourth-order valence-electron chi connectivity index (χ4n) is 2.34. The number of esters is 1. The van der Waals surface area contributed by atoms with Crippen molar-refractivity contribution in [1.82, 2.24) is 0 Å². The average Bonchev–Trinajstić information content (AvgIpc) is 3.34. The lowest BCUT2D eigenvalue weighted by molar-refractivity contribution is 0.0607. The molecule has 0 fully saturated rings. The van der Waals surface area contributed by atoms with Crippen molar-refractivity contribution in [3.8, 4) is 0 Å². The van der Waals surface area contributed by atoms with Crippen LogP contribution in [0.15, 0.2) is 52.5 Å². The second kappa shape index (κ2) is 7.88. The van der Waals surface area contributed by atoms with Crippen LogP contribution in [0.1, 0.15) is 36.1 Å². The maximum absolute atomic E-state index is 12.6. The minimum Gasteiger partial charge on any atom is -0.465 e. The van der Waals surface area contributed by atoms with E-state index in [1.54, 1.807) is 41.8 Å². The largest absolute Gasteiger partial charge is 0.465 e. The van der Waals surface area contributed by atoms with Gasteiger partial charge in [-0.3, -0.25) is 9.59 Å². The number of amides is 2. The number of furan rings is 1. The van der Waals surface area contributed by atoms with E-state index >= 15 is 0 Å². The van der Waals surface area contributed by atoms with Gasteiger partial charge in [-0.1, -0.05) is 6.07 Å². The Labute approximate surface area is 159 Å². The highest BCUT2D eigenvalue weighted by Gasteiger charge is 2.17. The van der Waals surface area contributed by atoms with E-state index in [0.717, 1.165) is 5.56 Å². The maximum Gasteiger partial charge on any atom is 0.350 e. The number of hydrogen-bond acceptors (Lipinski definition) is 6. The van der Waals surface area contributed by atoms with Crippen LogP contribution >= 0.6 is 11.3 Å². The molecule has 0 unspecified atom stereocenters. The van der Waals surface area contributed by atoms with Gasteiger partial charge in [-0.15, -0.1) is 11.3 Å². The number of nitrogens with one attached hydrogen (secondary N) is 2. The molecule has 138 valence electrons. The lowest BCUT2D eigenvalue weighted by Gasteiger charge is -2.10. The van der Waals surface area contributed by atoms with Crippen LogP contribution in [0.5, 0.6) is 0 Å². The summed E-state index contributed by atoms with van der Waals surface area (Å²) >= 11 is 1.18. The SMILES string of the molecule is COC(=O)c1sccc1NC(=O)c1ccc(C)c(NC(=O)c2ccco2)c1. The molecule has 3 rings (SSSR count). The van der Waals surface area contributed by atoms with Crippen LogP contribution < -0.4 is 10.6 Å². The lowest BCUT2D eigenvalue weighted by atomic mass is 10.1. The molecule has 0 radical (unpaired) electrons. The Hall–Kier alpha value is -3.39. The van der Waals surface area contributed by atoms with Gasteiger partial charge in [-0.25, -0.2) is 4.79 Å². The summed E-state index contributed by atoms with van der Waals surface area (Å²) in [5.74, 6) is -1.17. The van der Waals surface area contributed by atoms with Gasteiger partial charge in [-0.2, -0.15) is 0 Å². The third-order valence-corrected chi connectivity index (χ3v) is 4.67. The normalized spacial score (nSPS) is 10.3. The molecule has 1 aromatic carbocycles. The van der Waals surface area contributed by atoms with E-state index in [2.05, 4.69) is 10.6 Å². The first-order chi connectivity index (χ1) is 13.0. The van der Waals surface area contributed by atoms with Crippen molar-refractivity contribution in [2.75, 3.05) is 17.7 Å². The van der Waals surface area contributed by atoms with Gasteiger partial charge in [0.05, 0.1) is 19.1 Å². The van der Waals surface area contributed by atoms with Gasteiger partial charge >= 0.3 is 5.97 Å². The zero-order valence-corrected chi connectivity index (χ0v) is 15.4. The van der Waals surface area contributed by atoms with Gasteiger partial charge in [0.25, 0.3) is 11.8 Å². The highest BCUT2D eigenvalue weighted by molar-refractivity contribution is 7.12. The summed E-state index contributed by atoms with van der Waals surface area (Å²) in [6.07, 6.45) is 1.41. The number of aryl methyl sites for hydroxylation is 1. The predicted molar refractivity (Wildman–Crippen MR) is 101 cm³/mol. The Morgan fingerprint density at radius 1 is 1.04 bits per heavy atom. The molecule has 2 aromatic heterocycles. The number of carbonyl (C=O) groups is 3. The molecule has 0 aliphatic carbocycles. The van der Waals surface area contributed by atoms with Crippen molar-refractivity contribution in [1.29, 1.82) is 0 Å². The van der Waals surface area contributed by atoms with Crippen LogP contribution in [0.25, 0.3) is 0 Å². The van der Waals surface area contributed by atoms with E-state index in [1.807, 2.05) is 6.92 Å². The van der Waals surface area contributed by atoms with Gasteiger partial charge < -0.3 is 19.8 Å². The van der Waals surface area contributed by atoms with Crippen LogP contribution in [-0.2, 0) is 4.74 Å². The second-order valence-corrected chi connectivity index (χ2v) is 6.49. The maximum atomic E-state index is 12.6. The van der Waals surface area contributed by atoms with Crippen molar-refractivity contribution < 1.29 is 23.5 Å². The molecular formula is C19H16N2O5S.